The molecule has 0 saturated carbocycles. The SMILES string of the molecule is CC(C)(C(=O)N1CCC(NS(=O)(=O)c2ccccc2)CC1)c1ccccc1. The number of piperidine rings is 1. The van der Waals surface area contributed by atoms with Crippen LogP contribution in [-0.2, 0) is 20.2 Å². The van der Waals surface area contributed by atoms with Crippen LogP contribution < -0.4 is 4.72 Å². The maximum atomic E-state index is 13.0. The Balaban J connectivity index is 1.61. The molecule has 2 aromatic rings. The van der Waals surface area contributed by atoms with Gasteiger partial charge in [0.25, 0.3) is 0 Å². The lowest BCUT2D eigenvalue weighted by atomic mass is 9.82. The molecule has 6 heteroatoms. The van der Waals surface area contributed by atoms with Crippen molar-refractivity contribution in [1.82, 2.24) is 9.62 Å². The minimum absolute atomic E-state index is 0.0815. The Bertz CT molecular complexity index is 872. The molecule has 3 rings (SSSR count). The molecule has 0 atom stereocenters. The number of likely N-dealkylation sites (tertiary alicyclic amines) is 1. The lowest BCUT2D eigenvalue weighted by molar-refractivity contribution is -0.137. The molecule has 1 N–H and O–H groups in total. The first-order chi connectivity index (χ1) is 12.8. The first kappa shape index (κ1) is 19.6. The van der Waals surface area contributed by atoms with Crippen molar-refractivity contribution in [2.45, 2.75) is 43.0 Å². The summed E-state index contributed by atoms with van der Waals surface area (Å²) in [6.07, 6.45) is 1.23. The lowest BCUT2D eigenvalue weighted by Gasteiger charge is -2.37. The number of benzene rings is 2. The van der Waals surface area contributed by atoms with Gasteiger partial charge >= 0.3 is 0 Å². The van der Waals surface area contributed by atoms with Crippen molar-refractivity contribution in [3.8, 4) is 0 Å². The number of nitrogens with zero attached hydrogens (tertiary/aromatic N) is 1. The molecule has 27 heavy (non-hydrogen) atoms. The van der Waals surface area contributed by atoms with E-state index in [0.29, 0.717) is 25.9 Å². The number of hydrogen-bond acceptors (Lipinski definition) is 3. The molecule has 0 radical (unpaired) electrons. The molecule has 1 amide bonds. The Morgan fingerprint density at radius 2 is 1.48 bits per heavy atom. The molecule has 144 valence electrons. The van der Waals surface area contributed by atoms with E-state index in [2.05, 4.69) is 4.72 Å². The summed E-state index contributed by atoms with van der Waals surface area (Å²) < 4.78 is 27.7. The average Bonchev–Trinajstić information content (AvgIpc) is 2.69. The van der Waals surface area contributed by atoms with Gasteiger partial charge in [0.05, 0.1) is 10.3 Å². The molecule has 1 aliphatic heterocycles. The fourth-order valence-corrected chi connectivity index (χ4v) is 4.79. The van der Waals surface area contributed by atoms with Gasteiger partial charge in [-0.1, -0.05) is 48.5 Å². The summed E-state index contributed by atoms with van der Waals surface area (Å²) in [4.78, 5) is 15.1. The van der Waals surface area contributed by atoms with E-state index in [1.807, 2.05) is 49.1 Å². The van der Waals surface area contributed by atoms with Crippen molar-refractivity contribution in [2.24, 2.45) is 0 Å². The predicted molar refractivity (Wildman–Crippen MR) is 106 cm³/mol. The smallest absolute Gasteiger partial charge is 0.240 e. The van der Waals surface area contributed by atoms with Gasteiger partial charge in [0.2, 0.25) is 15.9 Å². The lowest BCUT2D eigenvalue weighted by Crippen LogP contribution is -2.50. The topological polar surface area (TPSA) is 66.5 Å². The van der Waals surface area contributed by atoms with Crippen molar-refractivity contribution >= 4 is 15.9 Å². The van der Waals surface area contributed by atoms with Crippen LogP contribution in [0.2, 0.25) is 0 Å². The third-order valence-corrected chi connectivity index (χ3v) is 6.72. The molecule has 0 aliphatic carbocycles. The van der Waals surface area contributed by atoms with Gasteiger partial charge in [0, 0.05) is 19.1 Å². The van der Waals surface area contributed by atoms with Crippen LogP contribution in [0.15, 0.2) is 65.6 Å². The molecule has 5 nitrogen and oxygen atoms in total. The van der Waals surface area contributed by atoms with Crippen LogP contribution in [0.4, 0.5) is 0 Å². The molecule has 2 aromatic carbocycles. The number of carbonyl (C=O) groups is 1. The van der Waals surface area contributed by atoms with E-state index in [-0.39, 0.29) is 16.8 Å². The molecule has 0 spiro atoms. The zero-order valence-electron chi connectivity index (χ0n) is 15.8. The van der Waals surface area contributed by atoms with Crippen molar-refractivity contribution in [3.05, 3.63) is 66.2 Å². The van der Waals surface area contributed by atoms with Gasteiger partial charge in [0.1, 0.15) is 0 Å². The van der Waals surface area contributed by atoms with Crippen molar-refractivity contribution in [3.63, 3.8) is 0 Å². The van der Waals surface area contributed by atoms with Crippen molar-refractivity contribution in [2.75, 3.05) is 13.1 Å². The molecule has 1 saturated heterocycles. The van der Waals surface area contributed by atoms with E-state index in [0.717, 1.165) is 5.56 Å². The molecule has 1 fully saturated rings. The molecule has 0 aromatic heterocycles. The molecule has 0 unspecified atom stereocenters. The maximum Gasteiger partial charge on any atom is 0.240 e. The van der Waals surface area contributed by atoms with Crippen LogP contribution >= 0.6 is 0 Å². The van der Waals surface area contributed by atoms with E-state index in [1.165, 1.54) is 0 Å². The summed E-state index contributed by atoms with van der Waals surface area (Å²) in [6.45, 7) is 4.98. The Morgan fingerprint density at radius 1 is 0.963 bits per heavy atom. The minimum atomic E-state index is -3.52. The zero-order chi connectivity index (χ0) is 19.5. The predicted octanol–water partition coefficient (Wildman–Crippen LogP) is 2.93. The summed E-state index contributed by atoms with van der Waals surface area (Å²) in [5, 5.41) is 0. The van der Waals surface area contributed by atoms with E-state index in [1.54, 1.807) is 30.3 Å². The number of sulfonamides is 1. The number of rotatable bonds is 5. The van der Waals surface area contributed by atoms with E-state index in [4.69, 9.17) is 0 Å². The first-order valence-corrected chi connectivity index (χ1v) is 10.7. The minimum Gasteiger partial charge on any atom is -0.342 e. The maximum absolute atomic E-state index is 13.0. The zero-order valence-corrected chi connectivity index (χ0v) is 16.6. The third kappa shape index (κ3) is 4.39. The van der Waals surface area contributed by atoms with Crippen molar-refractivity contribution in [1.29, 1.82) is 0 Å². The molecular formula is C21H26N2O3S. The molecule has 0 bridgehead atoms. The summed E-state index contributed by atoms with van der Waals surface area (Å²) in [6, 6.07) is 18.0. The van der Waals surface area contributed by atoms with Gasteiger partial charge in [-0.25, -0.2) is 13.1 Å². The number of hydrogen-bond donors (Lipinski definition) is 1. The first-order valence-electron chi connectivity index (χ1n) is 9.23. The summed E-state index contributed by atoms with van der Waals surface area (Å²) in [7, 11) is -3.52. The number of carbonyl (C=O) groups excluding carboxylic acids is 1. The largest absolute Gasteiger partial charge is 0.342 e. The van der Waals surface area contributed by atoms with Gasteiger partial charge in [0.15, 0.2) is 0 Å². The molecular weight excluding hydrogens is 360 g/mol. The Morgan fingerprint density at radius 3 is 2.04 bits per heavy atom. The van der Waals surface area contributed by atoms with Crippen LogP contribution in [0.25, 0.3) is 0 Å². The van der Waals surface area contributed by atoms with Crippen LogP contribution in [-0.4, -0.2) is 38.4 Å². The number of nitrogens with one attached hydrogen (secondary N) is 1. The highest BCUT2D eigenvalue weighted by atomic mass is 32.2. The highest BCUT2D eigenvalue weighted by Gasteiger charge is 2.36. The fraction of sp³-hybridized carbons (Fsp3) is 0.381. The second kappa shape index (κ2) is 7.82. The van der Waals surface area contributed by atoms with E-state index >= 15 is 0 Å². The Labute approximate surface area is 161 Å². The third-order valence-electron chi connectivity index (χ3n) is 5.19. The van der Waals surface area contributed by atoms with Crippen LogP contribution in [0.1, 0.15) is 32.3 Å². The summed E-state index contributed by atoms with van der Waals surface area (Å²) >= 11 is 0. The van der Waals surface area contributed by atoms with Crippen molar-refractivity contribution < 1.29 is 13.2 Å². The quantitative estimate of drug-likeness (QED) is 0.859. The number of amides is 1. The highest BCUT2D eigenvalue weighted by Crippen LogP contribution is 2.27. The van der Waals surface area contributed by atoms with E-state index < -0.39 is 15.4 Å². The van der Waals surface area contributed by atoms with Gasteiger partial charge in [-0.3, -0.25) is 4.79 Å². The van der Waals surface area contributed by atoms with Crippen LogP contribution in [0.5, 0.6) is 0 Å². The van der Waals surface area contributed by atoms with Crippen LogP contribution in [0.3, 0.4) is 0 Å². The average molecular weight is 387 g/mol. The summed E-state index contributed by atoms with van der Waals surface area (Å²) in [5.41, 5.74) is 0.388. The van der Waals surface area contributed by atoms with Gasteiger partial charge in [-0.2, -0.15) is 0 Å². The standard InChI is InChI=1S/C21H26N2O3S/c1-21(2,17-9-5-3-6-10-17)20(24)23-15-13-18(14-16-23)22-27(25,26)19-11-7-4-8-12-19/h3-12,18,22H,13-16H2,1-2H3. The second-order valence-corrected chi connectivity index (χ2v) is 9.21. The normalized spacial score (nSPS) is 16.3. The molecule has 1 heterocycles. The van der Waals surface area contributed by atoms with E-state index in [9.17, 15) is 13.2 Å². The molecule has 1 aliphatic rings. The Kier molecular flexibility index (Phi) is 5.67. The second-order valence-electron chi connectivity index (χ2n) is 7.49. The fourth-order valence-electron chi connectivity index (χ4n) is 3.46. The highest BCUT2D eigenvalue weighted by molar-refractivity contribution is 7.89. The summed E-state index contributed by atoms with van der Waals surface area (Å²) in [5.74, 6) is 0.0815. The van der Waals surface area contributed by atoms with Crippen LogP contribution in [0, 0.1) is 0 Å². The Hall–Kier alpha value is -2.18. The van der Waals surface area contributed by atoms with Gasteiger partial charge < -0.3 is 4.90 Å². The van der Waals surface area contributed by atoms with Gasteiger partial charge in [-0.05, 0) is 44.4 Å². The van der Waals surface area contributed by atoms with Gasteiger partial charge in [-0.15, -0.1) is 0 Å². The monoisotopic (exact) mass is 386 g/mol.